The molecule has 6 atom stereocenters. The fraction of sp³-hybridized carbons (Fsp3) is 0.515. The summed E-state index contributed by atoms with van der Waals surface area (Å²) >= 11 is 0. The molecule has 2 fully saturated rings. The van der Waals surface area contributed by atoms with Crippen LogP contribution in [-0.4, -0.2) is 56.6 Å². The Labute approximate surface area is 236 Å². The number of hydrogen-bond donors (Lipinski definition) is 2. The summed E-state index contributed by atoms with van der Waals surface area (Å²) < 4.78 is 20.5. The van der Waals surface area contributed by atoms with Crippen molar-refractivity contribution in [1.29, 1.82) is 0 Å². The summed E-state index contributed by atoms with van der Waals surface area (Å²) in [4.78, 5) is 0. The van der Waals surface area contributed by atoms with Gasteiger partial charge in [0, 0.05) is 12.8 Å². The molecular weight excluding hydrogens is 502 g/mol. The zero-order valence-electron chi connectivity index (χ0n) is 23.9. The van der Waals surface area contributed by atoms with E-state index in [9.17, 15) is 5.11 Å². The first-order valence-corrected chi connectivity index (χ1v) is 16.3. The molecule has 6 heteroatoms. The molecule has 2 aliphatic heterocycles. The summed E-state index contributed by atoms with van der Waals surface area (Å²) in [6.45, 7) is 14.9. The summed E-state index contributed by atoms with van der Waals surface area (Å²) in [5.74, 6) is 0. The van der Waals surface area contributed by atoms with Crippen molar-refractivity contribution in [2.24, 2.45) is 5.73 Å². The second-order valence-corrected chi connectivity index (χ2v) is 16.6. The maximum absolute atomic E-state index is 9.94. The van der Waals surface area contributed by atoms with E-state index in [4.69, 9.17) is 19.6 Å². The Morgan fingerprint density at radius 2 is 1.56 bits per heavy atom. The first kappa shape index (κ1) is 29.9. The van der Waals surface area contributed by atoms with E-state index in [1.165, 1.54) is 15.9 Å². The van der Waals surface area contributed by atoms with Gasteiger partial charge in [-0.15, -0.1) is 6.58 Å². The molecule has 0 amide bonds. The molecule has 0 saturated carbocycles. The van der Waals surface area contributed by atoms with E-state index in [0.29, 0.717) is 6.42 Å². The second-order valence-electron chi connectivity index (χ2n) is 12.3. The average Bonchev–Trinajstić information content (AvgIpc) is 2.91. The highest BCUT2D eigenvalue weighted by Gasteiger charge is 2.52. The smallest absolute Gasteiger partial charge is 0.261 e. The molecule has 0 radical (unpaired) electrons. The van der Waals surface area contributed by atoms with E-state index in [0.717, 1.165) is 32.1 Å². The van der Waals surface area contributed by atoms with Gasteiger partial charge in [0.1, 0.15) is 0 Å². The predicted molar refractivity (Wildman–Crippen MR) is 162 cm³/mol. The molecule has 0 bridgehead atoms. The molecule has 2 saturated heterocycles. The maximum atomic E-state index is 9.94. The standard InChI is InChI=1S/C33H47NO4Si/c1-6-13-25-18-24(2)19-26(36-25)20-27-21-28(22-32(37-27)31(34)23-35)38-39(33(3,4)5,29-14-9-7-10-15-29)30-16-11-8-12-17-30/h6-12,14-17,25-28,31-32,35H,1-2,13,18-23,34H2,3-5H3/t25-,26+,27+,28+,31+,32+/m0/s1. The number of hydrogen-bond acceptors (Lipinski definition) is 5. The van der Waals surface area contributed by atoms with Gasteiger partial charge < -0.3 is 24.7 Å². The minimum absolute atomic E-state index is 0.0406. The Morgan fingerprint density at radius 3 is 2.10 bits per heavy atom. The van der Waals surface area contributed by atoms with Crippen LogP contribution in [0.2, 0.25) is 5.04 Å². The van der Waals surface area contributed by atoms with Gasteiger partial charge in [-0.05, 0) is 41.1 Å². The average molecular weight is 550 g/mol. The normalized spacial score (nSPS) is 27.2. The SMILES string of the molecule is C=CC[C@H]1CC(=C)C[C@H](C[C@@H]2C[C@@H](O[Si](c3ccccc3)(c3ccccc3)C(C)(C)C)C[C@H]([C@H](N)CO)O2)O1. The third-order valence-corrected chi connectivity index (χ3v) is 13.3. The number of aliphatic hydroxyl groups is 1. The third-order valence-electron chi connectivity index (χ3n) is 8.21. The molecule has 39 heavy (non-hydrogen) atoms. The highest BCUT2D eigenvalue weighted by molar-refractivity contribution is 6.99. The molecule has 5 nitrogen and oxygen atoms in total. The van der Waals surface area contributed by atoms with Crippen molar-refractivity contribution < 1.29 is 19.0 Å². The maximum Gasteiger partial charge on any atom is 0.261 e. The van der Waals surface area contributed by atoms with Crippen LogP contribution in [0.5, 0.6) is 0 Å². The Morgan fingerprint density at radius 1 is 0.974 bits per heavy atom. The lowest BCUT2D eigenvalue weighted by Crippen LogP contribution is -2.68. The van der Waals surface area contributed by atoms with Crippen LogP contribution < -0.4 is 16.1 Å². The molecule has 0 spiro atoms. The highest BCUT2D eigenvalue weighted by Crippen LogP contribution is 2.40. The number of ether oxygens (including phenoxy) is 2. The Hall–Kier alpha value is -2.06. The monoisotopic (exact) mass is 549 g/mol. The highest BCUT2D eigenvalue weighted by atomic mass is 28.4. The van der Waals surface area contributed by atoms with E-state index in [1.807, 2.05) is 6.08 Å². The molecule has 0 unspecified atom stereocenters. The van der Waals surface area contributed by atoms with Crippen molar-refractivity contribution in [1.82, 2.24) is 0 Å². The summed E-state index contributed by atoms with van der Waals surface area (Å²) in [5.41, 5.74) is 7.61. The van der Waals surface area contributed by atoms with Crippen molar-refractivity contribution in [2.45, 2.75) is 101 Å². The molecule has 3 N–H and O–H groups in total. The first-order chi connectivity index (χ1) is 18.7. The van der Waals surface area contributed by atoms with Gasteiger partial charge in [0.05, 0.1) is 43.2 Å². The van der Waals surface area contributed by atoms with E-state index >= 15 is 0 Å². The molecule has 2 aromatic carbocycles. The summed E-state index contributed by atoms with van der Waals surface area (Å²) in [6.07, 6.45) is 6.36. The molecule has 0 aromatic heterocycles. The van der Waals surface area contributed by atoms with Crippen LogP contribution in [0.4, 0.5) is 0 Å². The van der Waals surface area contributed by atoms with Gasteiger partial charge >= 0.3 is 0 Å². The van der Waals surface area contributed by atoms with Gasteiger partial charge in [-0.25, -0.2) is 0 Å². The lowest BCUT2D eigenvalue weighted by molar-refractivity contribution is -0.130. The third kappa shape index (κ3) is 6.99. The number of aliphatic hydroxyl groups excluding tert-OH is 1. The van der Waals surface area contributed by atoms with Gasteiger partial charge in [0.15, 0.2) is 0 Å². The van der Waals surface area contributed by atoms with Crippen LogP contribution in [0.15, 0.2) is 85.5 Å². The van der Waals surface area contributed by atoms with E-state index in [-0.39, 0.29) is 42.2 Å². The molecule has 2 aliphatic rings. The van der Waals surface area contributed by atoms with Gasteiger partial charge in [-0.2, -0.15) is 0 Å². The predicted octanol–water partition coefficient (Wildman–Crippen LogP) is 4.87. The zero-order valence-corrected chi connectivity index (χ0v) is 24.9. The lowest BCUT2D eigenvalue weighted by atomic mass is 9.90. The van der Waals surface area contributed by atoms with Crippen molar-refractivity contribution in [3.8, 4) is 0 Å². The van der Waals surface area contributed by atoms with Crippen molar-refractivity contribution in [3.63, 3.8) is 0 Å². The molecule has 4 rings (SSSR count). The van der Waals surface area contributed by atoms with Gasteiger partial charge in [0.25, 0.3) is 8.32 Å². The summed E-state index contributed by atoms with van der Waals surface area (Å²) in [5, 5.41) is 12.3. The van der Waals surface area contributed by atoms with E-state index in [2.05, 4.69) is 94.6 Å². The summed E-state index contributed by atoms with van der Waals surface area (Å²) in [6, 6.07) is 21.0. The second kappa shape index (κ2) is 13.1. The van der Waals surface area contributed by atoms with Crippen LogP contribution in [0.3, 0.4) is 0 Å². The Kier molecular flexibility index (Phi) is 10.0. The van der Waals surface area contributed by atoms with E-state index in [1.54, 1.807) is 0 Å². The Bertz CT molecular complexity index is 1030. The molecular formula is C33H47NO4Si. The lowest BCUT2D eigenvalue weighted by Gasteiger charge is -2.48. The Balaban J connectivity index is 1.65. The quantitative estimate of drug-likeness (QED) is 0.327. The van der Waals surface area contributed by atoms with Crippen molar-refractivity contribution in [3.05, 3.63) is 85.5 Å². The topological polar surface area (TPSA) is 73.9 Å². The van der Waals surface area contributed by atoms with Crippen LogP contribution in [0.25, 0.3) is 0 Å². The fourth-order valence-electron chi connectivity index (χ4n) is 6.44. The fourth-order valence-corrected chi connectivity index (χ4v) is 11.1. The van der Waals surface area contributed by atoms with Gasteiger partial charge in [0.2, 0.25) is 0 Å². The minimum Gasteiger partial charge on any atom is -0.404 e. The van der Waals surface area contributed by atoms with Crippen LogP contribution in [0, 0.1) is 0 Å². The largest absolute Gasteiger partial charge is 0.404 e. The van der Waals surface area contributed by atoms with E-state index < -0.39 is 14.4 Å². The number of rotatable bonds is 10. The number of nitrogens with two attached hydrogens (primary N) is 1. The van der Waals surface area contributed by atoms with Crippen molar-refractivity contribution in [2.75, 3.05) is 6.61 Å². The van der Waals surface area contributed by atoms with Crippen LogP contribution in [0.1, 0.15) is 59.3 Å². The molecule has 2 aromatic rings. The van der Waals surface area contributed by atoms with Gasteiger partial charge in [-0.3, -0.25) is 0 Å². The minimum atomic E-state index is -2.74. The van der Waals surface area contributed by atoms with Crippen LogP contribution in [-0.2, 0) is 13.9 Å². The summed E-state index contributed by atoms with van der Waals surface area (Å²) in [7, 11) is -2.74. The molecule has 0 aliphatic carbocycles. The first-order valence-electron chi connectivity index (χ1n) is 14.4. The molecule has 212 valence electrons. The number of benzene rings is 2. The van der Waals surface area contributed by atoms with Crippen LogP contribution >= 0.6 is 0 Å². The zero-order chi connectivity index (χ0) is 28.0. The van der Waals surface area contributed by atoms with Gasteiger partial charge in [-0.1, -0.05) is 99.7 Å². The van der Waals surface area contributed by atoms with Crippen molar-refractivity contribution >= 4 is 18.7 Å². The molecule has 2 heterocycles.